The molecule has 0 aromatic carbocycles. The van der Waals surface area contributed by atoms with E-state index in [1.807, 2.05) is 18.7 Å². The molecule has 0 atom stereocenters. The highest BCUT2D eigenvalue weighted by Crippen LogP contribution is 2.17. The number of pyridine rings is 1. The van der Waals surface area contributed by atoms with E-state index >= 15 is 0 Å². The third-order valence-electron chi connectivity index (χ3n) is 1.96. The lowest BCUT2D eigenvalue weighted by atomic mass is 10.3. The third-order valence-corrected chi connectivity index (χ3v) is 2.13. The Kier molecular flexibility index (Phi) is 4.14. The summed E-state index contributed by atoms with van der Waals surface area (Å²) in [6.45, 7) is 4.58. The smallest absolute Gasteiger partial charge is 0.165 e. The molecular formula is C10H14ClFN2. The molecule has 14 heavy (non-hydrogen) atoms. The van der Waals surface area contributed by atoms with Gasteiger partial charge in [0.05, 0.1) is 0 Å². The number of nitrogens with zero attached hydrogens (tertiary/aromatic N) is 2. The Bertz CT molecular complexity index is 291. The van der Waals surface area contributed by atoms with Crippen molar-refractivity contribution in [1.82, 2.24) is 4.98 Å². The van der Waals surface area contributed by atoms with Gasteiger partial charge in [0.15, 0.2) is 11.6 Å². The molecule has 1 aromatic heterocycles. The topological polar surface area (TPSA) is 16.1 Å². The first-order chi connectivity index (χ1) is 6.66. The summed E-state index contributed by atoms with van der Waals surface area (Å²) in [4.78, 5) is 5.86. The second-order valence-corrected chi connectivity index (χ2v) is 3.66. The molecule has 0 amide bonds. The van der Waals surface area contributed by atoms with Gasteiger partial charge < -0.3 is 4.90 Å². The third kappa shape index (κ3) is 2.58. The van der Waals surface area contributed by atoms with Crippen molar-refractivity contribution in [2.45, 2.75) is 19.9 Å². The standard InChI is InChI=1S/C10H14ClFN2/c1-8(2)14(7-5-11)10-9(12)4-3-6-13-10/h3-4,6,8H,5,7H2,1-2H3. The number of alkyl halides is 1. The van der Waals surface area contributed by atoms with Crippen LogP contribution in [0.4, 0.5) is 10.2 Å². The van der Waals surface area contributed by atoms with Crippen LogP contribution in [0.5, 0.6) is 0 Å². The molecule has 0 aliphatic rings. The Balaban J connectivity index is 2.93. The van der Waals surface area contributed by atoms with Crippen molar-refractivity contribution in [1.29, 1.82) is 0 Å². The highest BCUT2D eigenvalue weighted by molar-refractivity contribution is 6.18. The maximum absolute atomic E-state index is 13.4. The van der Waals surface area contributed by atoms with Crippen LogP contribution in [0, 0.1) is 5.82 Å². The first-order valence-corrected chi connectivity index (χ1v) is 5.13. The SMILES string of the molecule is CC(C)N(CCCl)c1ncccc1F. The summed E-state index contributed by atoms with van der Waals surface area (Å²) in [7, 11) is 0. The number of hydrogen-bond donors (Lipinski definition) is 0. The van der Waals surface area contributed by atoms with E-state index in [0.717, 1.165) is 0 Å². The van der Waals surface area contributed by atoms with E-state index in [-0.39, 0.29) is 11.9 Å². The summed E-state index contributed by atoms with van der Waals surface area (Å²) in [5.74, 6) is 0.545. The highest BCUT2D eigenvalue weighted by Gasteiger charge is 2.14. The minimum absolute atomic E-state index is 0.193. The first kappa shape index (κ1) is 11.2. The highest BCUT2D eigenvalue weighted by atomic mass is 35.5. The van der Waals surface area contributed by atoms with Gasteiger partial charge in [0, 0.05) is 24.7 Å². The number of halogens is 2. The van der Waals surface area contributed by atoms with Gasteiger partial charge in [-0.15, -0.1) is 11.6 Å². The predicted molar refractivity (Wildman–Crippen MR) is 57.4 cm³/mol. The molecule has 0 radical (unpaired) electrons. The normalized spacial score (nSPS) is 10.6. The van der Waals surface area contributed by atoms with Crippen LogP contribution in [0.15, 0.2) is 18.3 Å². The molecule has 1 rings (SSSR count). The zero-order valence-electron chi connectivity index (χ0n) is 8.37. The van der Waals surface area contributed by atoms with Gasteiger partial charge in [-0.3, -0.25) is 0 Å². The first-order valence-electron chi connectivity index (χ1n) is 4.60. The van der Waals surface area contributed by atoms with Gasteiger partial charge in [-0.2, -0.15) is 0 Å². The summed E-state index contributed by atoms with van der Waals surface area (Å²) in [6, 6.07) is 3.18. The van der Waals surface area contributed by atoms with Crippen LogP contribution in [0.1, 0.15) is 13.8 Å². The molecule has 0 spiro atoms. The average Bonchev–Trinajstić information content (AvgIpc) is 2.15. The van der Waals surface area contributed by atoms with E-state index in [4.69, 9.17) is 11.6 Å². The minimum Gasteiger partial charge on any atom is -0.351 e. The van der Waals surface area contributed by atoms with E-state index in [1.54, 1.807) is 12.3 Å². The van der Waals surface area contributed by atoms with Crippen LogP contribution in [0.3, 0.4) is 0 Å². The number of rotatable bonds is 4. The van der Waals surface area contributed by atoms with Crippen LogP contribution < -0.4 is 4.90 Å². The molecule has 0 saturated carbocycles. The van der Waals surface area contributed by atoms with Crippen molar-refractivity contribution < 1.29 is 4.39 Å². The van der Waals surface area contributed by atoms with Crippen LogP contribution >= 0.6 is 11.6 Å². The maximum atomic E-state index is 13.4. The van der Waals surface area contributed by atoms with Crippen molar-refractivity contribution >= 4 is 17.4 Å². The van der Waals surface area contributed by atoms with Crippen molar-refractivity contribution in [3.8, 4) is 0 Å². The van der Waals surface area contributed by atoms with Gasteiger partial charge in [0.1, 0.15) is 0 Å². The largest absolute Gasteiger partial charge is 0.351 e. The Morgan fingerprint density at radius 3 is 2.79 bits per heavy atom. The fraction of sp³-hybridized carbons (Fsp3) is 0.500. The summed E-state index contributed by atoms with van der Waals surface area (Å²) in [5.41, 5.74) is 0. The Morgan fingerprint density at radius 1 is 1.57 bits per heavy atom. The quantitative estimate of drug-likeness (QED) is 0.720. The molecule has 78 valence electrons. The molecule has 0 fully saturated rings. The summed E-state index contributed by atoms with van der Waals surface area (Å²) in [5, 5.41) is 0. The van der Waals surface area contributed by atoms with E-state index in [1.165, 1.54) is 6.07 Å². The van der Waals surface area contributed by atoms with Crippen LogP contribution in [-0.2, 0) is 0 Å². The molecule has 0 aliphatic carbocycles. The Hall–Kier alpha value is -0.830. The second-order valence-electron chi connectivity index (χ2n) is 3.28. The average molecular weight is 217 g/mol. The zero-order valence-corrected chi connectivity index (χ0v) is 9.13. The molecule has 1 heterocycles. The molecule has 0 N–H and O–H groups in total. The minimum atomic E-state index is -0.300. The lowest BCUT2D eigenvalue weighted by Crippen LogP contribution is -2.34. The molecule has 2 nitrogen and oxygen atoms in total. The zero-order chi connectivity index (χ0) is 10.6. The van der Waals surface area contributed by atoms with E-state index in [9.17, 15) is 4.39 Å². The van der Waals surface area contributed by atoms with Crippen molar-refractivity contribution in [2.24, 2.45) is 0 Å². The molecule has 4 heteroatoms. The number of aromatic nitrogens is 1. The molecule has 1 aromatic rings. The fourth-order valence-corrected chi connectivity index (χ4v) is 1.47. The van der Waals surface area contributed by atoms with Crippen molar-refractivity contribution in [2.75, 3.05) is 17.3 Å². The number of hydrogen-bond acceptors (Lipinski definition) is 2. The van der Waals surface area contributed by atoms with Crippen LogP contribution in [0.25, 0.3) is 0 Å². The maximum Gasteiger partial charge on any atom is 0.165 e. The van der Waals surface area contributed by atoms with Crippen molar-refractivity contribution in [3.05, 3.63) is 24.1 Å². The fourth-order valence-electron chi connectivity index (χ4n) is 1.29. The molecule has 0 saturated heterocycles. The Morgan fingerprint density at radius 2 is 2.29 bits per heavy atom. The van der Waals surface area contributed by atoms with Gasteiger partial charge in [-0.1, -0.05) is 0 Å². The van der Waals surface area contributed by atoms with Gasteiger partial charge in [0.2, 0.25) is 0 Å². The van der Waals surface area contributed by atoms with E-state index < -0.39 is 0 Å². The number of anilines is 1. The van der Waals surface area contributed by atoms with Crippen LogP contribution in [-0.4, -0.2) is 23.5 Å². The molecule has 0 unspecified atom stereocenters. The molecular weight excluding hydrogens is 203 g/mol. The summed E-state index contributed by atoms with van der Waals surface area (Å²) < 4.78 is 13.4. The lowest BCUT2D eigenvalue weighted by molar-refractivity contribution is 0.595. The van der Waals surface area contributed by atoms with E-state index in [2.05, 4.69) is 4.98 Å². The predicted octanol–water partition coefficient (Wildman–Crippen LogP) is 2.67. The molecule has 0 aliphatic heterocycles. The van der Waals surface area contributed by atoms with Gasteiger partial charge >= 0.3 is 0 Å². The van der Waals surface area contributed by atoms with Gasteiger partial charge in [0.25, 0.3) is 0 Å². The Labute approximate surface area is 88.7 Å². The van der Waals surface area contributed by atoms with Gasteiger partial charge in [-0.05, 0) is 26.0 Å². The van der Waals surface area contributed by atoms with Gasteiger partial charge in [-0.25, -0.2) is 9.37 Å². The van der Waals surface area contributed by atoms with Crippen LogP contribution in [0.2, 0.25) is 0 Å². The second kappa shape index (κ2) is 5.15. The molecule has 0 bridgehead atoms. The summed E-state index contributed by atoms with van der Waals surface area (Å²) >= 11 is 5.65. The van der Waals surface area contributed by atoms with Crippen molar-refractivity contribution in [3.63, 3.8) is 0 Å². The van der Waals surface area contributed by atoms with E-state index in [0.29, 0.717) is 18.2 Å². The monoisotopic (exact) mass is 216 g/mol. The summed E-state index contributed by atoms with van der Waals surface area (Å²) in [6.07, 6.45) is 1.59. The lowest BCUT2D eigenvalue weighted by Gasteiger charge is -2.27.